The van der Waals surface area contributed by atoms with Gasteiger partial charge in [0, 0.05) is 10.9 Å². The lowest BCUT2D eigenvalue weighted by atomic mass is 10.1. The van der Waals surface area contributed by atoms with E-state index in [0.29, 0.717) is 12.1 Å². The summed E-state index contributed by atoms with van der Waals surface area (Å²) in [5, 5.41) is 12.4. The molecule has 5 heteroatoms. The van der Waals surface area contributed by atoms with Crippen LogP contribution in [-0.4, -0.2) is 28.0 Å². The monoisotopic (exact) mass is 260 g/mol. The maximum atomic E-state index is 12.0. The summed E-state index contributed by atoms with van der Waals surface area (Å²) in [6, 6.07) is 6.63. The maximum absolute atomic E-state index is 12.0. The molecule has 1 heterocycles. The third kappa shape index (κ3) is 2.59. The molecule has 19 heavy (non-hydrogen) atoms. The van der Waals surface area contributed by atoms with E-state index in [2.05, 4.69) is 10.3 Å². The molecule has 0 saturated carbocycles. The summed E-state index contributed by atoms with van der Waals surface area (Å²) in [5.74, 6) is -1.42. The Morgan fingerprint density at radius 3 is 2.74 bits per heavy atom. The fourth-order valence-electron chi connectivity index (χ4n) is 2.00. The van der Waals surface area contributed by atoms with E-state index in [4.69, 9.17) is 5.11 Å². The number of aryl methyl sites for hydroxylation is 1. The Labute approximate surface area is 110 Å². The number of carbonyl (C=O) groups excluding carboxylic acids is 1. The zero-order chi connectivity index (χ0) is 14.0. The number of hydrogen-bond donors (Lipinski definition) is 3. The number of rotatable bonds is 4. The van der Waals surface area contributed by atoms with Crippen LogP contribution in [0.3, 0.4) is 0 Å². The van der Waals surface area contributed by atoms with Crippen molar-refractivity contribution in [2.45, 2.75) is 26.3 Å². The molecule has 0 bridgehead atoms. The number of hydrogen-bond acceptors (Lipinski definition) is 2. The zero-order valence-electron chi connectivity index (χ0n) is 10.9. The molecule has 0 radical (unpaired) electrons. The number of H-pyrrole nitrogens is 1. The highest BCUT2D eigenvalue weighted by atomic mass is 16.4. The van der Waals surface area contributed by atoms with Crippen molar-refractivity contribution in [2.24, 2.45) is 0 Å². The Morgan fingerprint density at radius 2 is 2.16 bits per heavy atom. The quantitative estimate of drug-likeness (QED) is 0.787. The first-order chi connectivity index (χ1) is 9.02. The van der Waals surface area contributed by atoms with Gasteiger partial charge in [0.15, 0.2) is 0 Å². The van der Waals surface area contributed by atoms with Gasteiger partial charge in [0.2, 0.25) is 0 Å². The number of benzene rings is 1. The third-order valence-electron chi connectivity index (χ3n) is 3.14. The average molecular weight is 260 g/mol. The normalized spacial score (nSPS) is 12.3. The largest absolute Gasteiger partial charge is 0.480 e. The molecule has 0 saturated heterocycles. The van der Waals surface area contributed by atoms with Crippen molar-refractivity contribution in [3.63, 3.8) is 0 Å². The van der Waals surface area contributed by atoms with Gasteiger partial charge in [0.1, 0.15) is 11.7 Å². The van der Waals surface area contributed by atoms with Crippen LogP contribution in [-0.2, 0) is 4.79 Å². The molecule has 2 rings (SSSR count). The predicted octanol–water partition coefficient (Wildman–Crippen LogP) is 2.07. The fourth-order valence-corrected chi connectivity index (χ4v) is 2.00. The van der Waals surface area contributed by atoms with Crippen LogP contribution in [0.15, 0.2) is 24.3 Å². The molecule has 0 aliphatic rings. The molecule has 3 N–H and O–H groups in total. The van der Waals surface area contributed by atoms with Crippen LogP contribution in [0.5, 0.6) is 0 Å². The molecular formula is C14H16N2O3. The lowest BCUT2D eigenvalue weighted by Gasteiger charge is -2.10. The molecule has 5 nitrogen and oxygen atoms in total. The molecule has 2 aromatic rings. The van der Waals surface area contributed by atoms with E-state index in [1.165, 1.54) is 0 Å². The first-order valence-corrected chi connectivity index (χ1v) is 6.15. The molecule has 100 valence electrons. The average Bonchev–Trinajstić information content (AvgIpc) is 2.80. The zero-order valence-corrected chi connectivity index (χ0v) is 10.9. The second kappa shape index (κ2) is 5.14. The molecule has 1 aromatic carbocycles. The number of carboxylic acids is 1. The third-order valence-corrected chi connectivity index (χ3v) is 3.14. The number of fused-ring (bicyclic) bond motifs is 1. The number of aliphatic carboxylic acids is 1. The summed E-state index contributed by atoms with van der Waals surface area (Å²) in [6.07, 6.45) is 0.348. The molecule has 1 aromatic heterocycles. The van der Waals surface area contributed by atoms with Gasteiger partial charge in [0.05, 0.1) is 0 Å². The van der Waals surface area contributed by atoms with Crippen LogP contribution in [0.4, 0.5) is 0 Å². The van der Waals surface area contributed by atoms with Gasteiger partial charge in [-0.05, 0) is 31.0 Å². The fraction of sp³-hybridized carbons (Fsp3) is 0.286. The Hall–Kier alpha value is -2.30. The van der Waals surface area contributed by atoms with Crippen LogP contribution in [0.1, 0.15) is 29.4 Å². The van der Waals surface area contributed by atoms with Crippen LogP contribution in [0.25, 0.3) is 10.9 Å². The predicted molar refractivity (Wildman–Crippen MR) is 72.2 cm³/mol. The van der Waals surface area contributed by atoms with Crippen molar-refractivity contribution in [2.75, 3.05) is 0 Å². The van der Waals surface area contributed by atoms with E-state index >= 15 is 0 Å². The minimum atomic E-state index is -1.02. The van der Waals surface area contributed by atoms with Crippen molar-refractivity contribution < 1.29 is 14.7 Å². The molecule has 1 atom stereocenters. The first kappa shape index (κ1) is 13.1. The van der Waals surface area contributed by atoms with E-state index in [1.54, 1.807) is 13.0 Å². The van der Waals surface area contributed by atoms with E-state index < -0.39 is 17.9 Å². The maximum Gasteiger partial charge on any atom is 0.326 e. The molecule has 0 aliphatic carbocycles. The van der Waals surface area contributed by atoms with Gasteiger partial charge in [-0.2, -0.15) is 0 Å². The van der Waals surface area contributed by atoms with Crippen molar-refractivity contribution in [3.8, 4) is 0 Å². The van der Waals surface area contributed by atoms with Gasteiger partial charge in [-0.25, -0.2) is 4.79 Å². The second-order valence-corrected chi connectivity index (χ2v) is 4.49. The number of amides is 1. The Morgan fingerprint density at radius 1 is 1.42 bits per heavy atom. The summed E-state index contributed by atoms with van der Waals surface area (Å²) < 4.78 is 0. The summed E-state index contributed by atoms with van der Waals surface area (Å²) >= 11 is 0. The topological polar surface area (TPSA) is 82.2 Å². The van der Waals surface area contributed by atoms with Gasteiger partial charge < -0.3 is 15.4 Å². The van der Waals surface area contributed by atoms with E-state index in [9.17, 15) is 9.59 Å². The Kier molecular flexibility index (Phi) is 3.55. The summed E-state index contributed by atoms with van der Waals surface area (Å²) in [7, 11) is 0. The van der Waals surface area contributed by atoms with Crippen LogP contribution >= 0.6 is 0 Å². The molecule has 0 aliphatic heterocycles. The van der Waals surface area contributed by atoms with Gasteiger partial charge in [0.25, 0.3) is 5.91 Å². The Bertz CT molecular complexity index is 631. The smallest absolute Gasteiger partial charge is 0.326 e. The molecule has 0 spiro atoms. The van der Waals surface area contributed by atoms with Crippen molar-refractivity contribution in [1.82, 2.24) is 10.3 Å². The van der Waals surface area contributed by atoms with Crippen LogP contribution in [0, 0.1) is 6.92 Å². The highest BCUT2D eigenvalue weighted by Crippen LogP contribution is 2.19. The van der Waals surface area contributed by atoms with E-state index in [1.807, 2.05) is 25.1 Å². The van der Waals surface area contributed by atoms with Gasteiger partial charge in [-0.1, -0.05) is 19.1 Å². The van der Waals surface area contributed by atoms with Crippen molar-refractivity contribution in [1.29, 1.82) is 0 Å². The molecule has 0 fully saturated rings. The minimum Gasteiger partial charge on any atom is -0.480 e. The SMILES string of the molecule is CCC(NC(=O)c1cc2c(C)cccc2[nH]1)C(=O)O. The van der Waals surface area contributed by atoms with Gasteiger partial charge in [-0.15, -0.1) is 0 Å². The van der Waals surface area contributed by atoms with Crippen molar-refractivity contribution in [3.05, 3.63) is 35.5 Å². The molecular weight excluding hydrogens is 244 g/mol. The van der Waals surface area contributed by atoms with Crippen LogP contribution < -0.4 is 5.32 Å². The number of carboxylic acid groups (broad SMARTS) is 1. The lowest BCUT2D eigenvalue weighted by Crippen LogP contribution is -2.40. The number of aromatic nitrogens is 1. The van der Waals surface area contributed by atoms with Crippen molar-refractivity contribution >= 4 is 22.8 Å². The lowest BCUT2D eigenvalue weighted by molar-refractivity contribution is -0.139. The van der Waals surface area contributed by atoms with E-state index in [-0.39, 0.29) is 0 Å². The highest BCUT2D eigenvalue weighted by molar-refractivity contribution is 6.00. The van der Waals surface area contributed by atoms with E-state index in [0.717, 1.165) is 16.5 Å². The number of carbonyl (C=O) groups is 2. The Balaban J connectivity index is 2.27. The highest BCUT2D eigenvalue weighted by Gasteiger charge is 2.19. The van der Waals surface area contributed by atoms with Crippen LogP contribution in [0.2, 0.25) is 0 Å². The minimum absolute atomic E-state index is 0.348. The van der Waals surface area contributed by atoms with Gasteiger partial charge >= 0.3 is 5.97 Å². The standard InChI is InChI=1S/C14H16N2O3/c1-3-10(14(18)19)16-13(17)12-7-9-8(2)5-4-6-11(9)15-12/h4-7,10,15H,3H2,1-2H3,(H,16,17)(H,18,19). The molecule has 1 unspecified atom stereocenters. The molecule has 1 amide bonds. The van der Waals surface area contributed by atoms with Gasteiger partial charge in [-0.3, -0.25) is 4.79 Å². The first-order valence-electron chi connectivity index (χ1n) is 6.15. The summed E-state index contributed by atoms with van der Waals surface area (Å²) in [5.41, 5.74) is 2.32. The summed E-state index contributed by atoms with van der Waals surface area (Å²) in [6.45, 7) is 3.68. The number of aromatic amines is 1. The number of nitrogens with one attached hydrogen (secondary N) is 2. The second-order valence-electron chi connectivity index (χ2n) is 4.49. The summed E-state index contributed by atoms with van der Waals surface area (Å²) in [4.78, 5) is 25.9.